The largest absolute Gasteiger partial charge is 0.361 e. The summed E-state index contributed by atoms with van der Waals surface area (Å²) in [4.78, 5) is 16.8. The third kappa shape index (κ3) is 3.06. The van der Waals surface area contributed by atoms with E-state index in [0.29, 0.717) is 12.1 Å². The Morgan fingerprint density at radius 2 is 2.00 bits per heavy atom. The van der Waals surface area contributed by atoms with Gasteiger partial charge in [0.1, 0.15) is 11.4 Å². The van der Waals surface area contributed by atoms with Crippen LogP contribution in [0, 0.1) is 0 Å². The van der Waals surface area contributed by atoms with Crippen LogP contribution in [0.1, 0.15) is 40.1 Å². The summed E-state index contributed by atoms with van der Waals surface area (Å²) in [6.07, 6.45) is 4.17. The molecule has 2 aromatic heterocycles. The van der Waals surface area contributed by atoms with Crippen molar-refractivity contribution < 1.29 is 4.79 Å². The molecule has 0 bridgehead atoms. The molecule has 0 spiro atoms. The highest BCUT2D eigenvalue weighted by Crippen LogP contribution is 2.33. The number of aromatic nitrogens is 3. The molecule has 0 aliphatic carbocycles. The number of anilines is 1. The molecule has 0 fully saturated rings. The molecule has 2 N–H and O–H groups in total. The number of pyridine rings is 1. The lowest BCUT2D eigenvalue weighted by Gasteiger charge is -2.12. The Kier molecular flexibility index (Phi) is 4.39. The van der Waals surface area contributed by atoms with Crippen molar-refractivity contribution in [2.24, 2.45) is 0 Å². The third-order valence-corrected chi connectivity index (χ3v) is 4.66. The van der Waals surface area contributed by atoms with E-state index in [4.69, 9.17) is 0 Å². The minimum absolute atomic E-state index is 0.0962. The van der Waals surface area contributed by atoms with E-state index in [-0.39, 0.29) is 11.9 Å². The molecule has 0 radical (unpaired) electrons. The molecule has 1 aliphatic rings. The molecule has 3 heterocycles. The van der Waals surface area contributed by atoms with E-state index in [1.807, 2.05) is 41.9 Å². The highest BCUT2D eigenvalue weighted by molar-refractivity contribution is 6.00. The summed E-state index contributed by atoms with van der Waals surface area (Å²) >= 11 is 0. The fraction of sp³-hybridized carbons (Fsp3) is 0.250. The predicted molar refractivity (Wildman–Crippen MR) is 99.8 cm³/mol. The summed E-state index contributed by atoms with van der Waals surface area (Å²) in [6.45, 7) is 3.22. The Labute approximate surface area is 152 Å². The van der Waals surface area contributed by atoms with Crippen molar-refractivity contribution in [3.8, 4) is 0 Å². The SMILES string of the molecule is CCc1nn2c(c1C(=O)NCc1ccncc1)N[C@H](c1ccccc1)C2. The number of rotatable bonds is 5. The Morgan fingerprint density at radius 1 is 1.23 bits per heavy atom. The quantitative estimate of drug-likeness (QED) is 0.744. The van der Waals surface area contributed by atoms with Crippen molar-refractivity contribution in [2.75, 3.05) is 5.32 Å². The first kappa shape index (κ1) is 16.3. The molecule has 1 aromatic carbocycles. The zero-order valence-corrected chi connectivity index (χ0v) is 14.6. The van der Waals surface area contributed by atoms with Crippen LogP contribution in [0.5, 0.6) is 0 Å². The van der Waals surface area contributed by atoms with Crippen LogP contribution in [0.15, 0.2) is 54.9 Å². The normalized spacial score (nSPS) is 15.3. The smallest absolute Gasteiger partial charge is 0.257 e. The lowest BCUT2D eigenvalue weighted by atomic mass is 10.1. The van der Waals surface area contributed by atoms with Crippen LogP contribution in [0.2, 0.25) is 0 Å². The van der Waals surface area contributed by atoms with Crippen LogP contribution in [0.3, 0.4) is 0 Å². The van der Waals surface area contributed by atoms with Crippen LogP contribution < -0.4 is 10.6 Å². The standard InChI is InChI=1S/C20H21N5O/c1-2-16-18(20(26)22-12-14-8-10-21-11-9-14)19-23-17(13-25(19)24-16)15-6-4-3-5-7-15/h3-11,17,23H,2,12-13H2,1H3,(H,22,26)/t17-/m0/s1. The Hall–Kier alpha value is -3.15. The molecule has 0 saturated heterocycles. The molecule has 1 amide bonds. The fourth-order valence-corrected chi connectivity index (χ4v) is 3.31. The van der Waals surface area contributed by atoms with Crippen molar-refractivity contribution in [3.63, 3.8) is 0 Å². The van der Waals surface area contributed by atoms with Crippen molar-refractivity contribution in [2.45, 2.75) is 32.5 Å². The Balaban J connectivity index is 1.55. The lowest BCUT2D eigenvalue weighted by Crippen LogP contribution is -2.24. The minimum atomic E-state index is -0.0962. The Morgan fingerprint density at radius 3 is 2.73 bits per heavy atom. The van der Waals surface area contributed by atoms with Gasteiger partial charge in [-0.25, -0.2) is 4.68 Å². The number of hydrogen-bond donors (Lipinski definition) is 2. The van der Waals surface area contributed by atoms with E-state index in [0.717, 1.165) is 30.0 Å². The van der Waals surface area contributed by atoms with Gasteiger partial charge < -0.3 is 10.6 Å². The highest BCUT2D eigenvalue weighted by Gasteiger charge is 2.30. The molecular formula is C20H21N5O. The maximum atomic E-state index is 12.8. The predicted octanol–water partition coefficient (Wildman–Crippen LogP) is 2.94. The van der Waals surface area contributed by atoms with Crippen LogP contribution in [-0.2, 0) is 19.5 Å². The lowest BCUT2D eigenvalue weighted by molar-refractivity contribution is 0.0951. The van der Waals surface area contributed by atoms with Gasteiger partial charge in [-0.2, -0.15) is 5.10 Å². The van der Waals surface area contributed by atoms with Gasteiger partial charge in [0.2, 0.25) is 0 Å². The topological polar surface area (TPSA) is 71.8 Å². The van der Waals surface area contributed by atoms with Gasteiger partial charge in [-0.1, -0.05) is 37.3 Å². The maximum Gasteiger partial charge on any atom is 0.257 e. The summed E-state index contributed by atoms with van der Waals surface area (Å²) < 4.78 is 1.91. The average Bonchev–Trinajstić information content (AvgIpc) is 3.25. The summed E-state index contributed by atoms with van der Waals surface area (Å²) in [6, 6.07) is 14.2. The monoisotopic (exact) mass is 347 g/mol. The van der Waals surface area contributed by atoms with E-state index in [1.165, 1.54) is 5.56 Å². The van der Waals surface area contributed by atoms with E-state index in [1.54, 1.807) is 12.4 Å². The number of amides is 1. The van der Waals surface area contributed by atoms with E-state index in [9.17, 15) is 4.79 Å². The van der Waals surface area contributed by atoms with Crippen molar-refractivity contribution in [1.29, 1.82) is 0 Å². The number of nitrogens with zero attached hydrogens (tertiary/aromatic N) is 3. The number of aryl methyl sites for hydroxylation is 1. The first-order chi connectivity index (χ1) is 12.8. The van der Waals surface area contributed by atoms with Gasteiger partial charge >= 0.3 is 0 Å². The van der Waals surface area contributed by atoms with E-state index in [2.05, 4.69) is 32.8 Å². The summed E-state index contributed by atoms with van der Waals surface area (Å²) in [7, 11) is 0. The summed E-state index contributed by atoms with van der Waals surface area (Å²) in [5.41, 5.74) is 3.69. The van der Waals surface area contributed by atoms with Crippen LogP contribution in [0.4, 0.5) is 5.82 Å². The average molecular weight is 347 g/mol. The molecule has 6 heteroatoms. The van der Waals surface area contributed by atoms with E-state index < -0.39 is 0 Å². The van der Waals surface area contributed by atoms with Crippen molar-refractivity contribution >= 4 is 11.7 Å². The van der Waals surface area contributed by atoms with Gasteiger partial charge in [0.05, 0.1) is 18.3 Å². The van der Waals surface area contributed by atoms with Gasteiger partial charge in [0.25, 0.3) is 5.91 Å². The summed E-state index contributed by atoms with van der Waals surface area (Å²) in [5.74, 6) is 0.712. The fourth-order valence-electron chi connectivity index (χ4n) is 3.31. The second-order valence-electron chi connectivity index (χ2n) is 6.35. The molecular weight excluding hydrogens is 326 g/mol. The molecule has 1 aliphatic heterocycles. The molecule has 26 heavy (non-hydrogen) atoms. The van der Waals surface area contributed by atoms with Gasteiger partial charge in [0.15, 0.2) is 0 Å². The first-order valence-corrected chi connectivity index (χ1v) is 8.84. The molecule has 0 saturated carbocycles. The molecule has 0 unspecified atom stereocenters. The number of fused-ring (bicyclic) bond motifs is 1. The molecule has 4 rings (SSSR count). The Bertz CT molecular complexity index is 905. The number of carbonyl (C=O) groups is 1. The van der Waals surface area contributed by atoms with Crippen molar-refractivity contribution in [1.82, 2.24) is 20.1 Å². The number of benzene rings is 1. The number of nitrogens with one attached hydrogen (secondary N) is 2. The zero-order chi connectivity index (χ0) is 17.9. The van der Waals surface area contributed by atoms with Crippen LogP contribution >= 0.6 is 0 Å². The van der Waals surface area contributed by atoms with Gasteiger partial charge in [-0.05, 0) is 29.7 Å². The molecule has 3 aromatic rings. The second kappa shape index (κ2) is 7.00. The number of hydrogen-bond acceptors (Lipinski definition) is 4. The zero-order valence-electron chi connectivity index (χ0n) is 14.6. The van der Waals surface area contributed by atoms with Gasteiger partial charge in [-0.3, -0.25) is 9.78 Å². The van der Waals surface area contributed by atoms with Gasteiger partial charge in [0, 0.05) is 18.9 Å². The van der Waals surface area contributed by atoms with Gasteiger partial charge in [-0.15, -0.1) is 0 Å². The van der Waals surface area contributed by atoms with Crippen LogP contribution in [0.25, 0.3) is 0 Å². The highest BCUT2D eigenvalue weighted by atomic mass is 16.1. The first-order valence-electron chi connectivity index (χ1n) is 8.84. The summed E-state index contributed by atoms with van der Waals surface area (Å²) in [5, 5.41) is 11.1. The second-order valence-corrected chi connectivity index (χ2v) is 6.35. The minimum Gasteiger partial charge on any atom is -0.361 e. The van der Waals surface area contributed by atoms with E-state index >= 15 is 0 Å². The molecule has 1 atom stereocenters. The number of carbonyl (C=O) groups excluding carboxylic acids is 1. The molecule has 6 nitrogen and oxygen atoms in total. The van der Waals surface area contributed by atoms with Crippen LogP contribution in [-0.4, -0.2) is 20.7 Å². The maximum absolute atomic E-state index is 12.8. The molecule has 132 valence electrons. The third-order valence-electron chi connectivity index (χ3n) is 4.66. The van der Waals surface area contributed by atoms with Crippen molar-refractivity contribution in [3.05, 3.63) is 77.2 Å².